The second-order valence-corrected chi connectivity index (χ2v) is 21.5. The zero-order valence-corrected chi connectivity index (χ0v) is 40.9. The number of methoxy groups -OCH3 is 1. The molecule has 0 spiro atoms. The number of aliphatic hydroxyl groups is 1. The first-order chi connectivity index (χ1) is 29.8. The highest BCUT2D eigenvalue weighted by molar-refractivity contribution is 8.77. The minimum atomic E-state index is -1.25. The lowest BCUT2D eigenvalue weighted by atomic mass is 9.86. The van der Waals surface area contributed by atoms with E-state index in [9.17, 15) is 29.4 Å². The minimum absolute atomic E-state index is 0.0226. The Bertz CT molecular complexity index is 1810. The third-order valence-electron chi connectivity index (χ3n) is 11.2. The van der Waals surface area contributed by atoms with Crippen molar-refractivity contribution in [1.82, 2.24) is 10.3 Å². The SMILES string of the molecule is COc1ccc(CC(CC(=O)/C=C/CCC(C)CCC2=CCC(COC(=O)C(C)CC(C)(C)SSc3ccccn3)CC2)C(O)NCC(C)C(=O)OC(CC(C)C)C(=O)O)cc1Cl. The van der Waals surface area contributed by atoms with Crippen LogP contribution in [0.1, 0.15) is 118 Å². The average molecular weight is 932 g/mol. The molecular formula is C49H71ClN2O9S2. The van der Waals surface area contributed by atoms with Gasteiger partial charge in [-0.15, -0.1) is 0 Å². The topological polar surface area (TPSA) is 161 Å². The summed E-state index contributed by atoms with van der Waals surface area (Å²) in [4.78, 5) is 54.8. The number of benzene rings is 1. The lowest BCUT2D eigenvalue weighted by molar-refractivity contribution is -0.167. The highest BCUT2D eigenvalue weighted by Gasteiger charge is 2.30. The maximum absolute atomic E-state index is 13.2. The Morgan fingerprint density at radius 3 is 2.44 bits per heavy atom. The molecule has 0 bridgehead atoms. The number of ether oxygens (including phenoxy) is 3. The zero-order chi connectivity index (χ0) is 46.5. The van der Waals surface area contributed by atoms with Crippen LogP contribution in [0.25, 0.3) is 0 Å². The number of aromatic nitrogens is 1. The molecule has 11 nitrogen and oxygen atoms in total. The van der Waals surface area contributed by atoms with Crippen LogP contribution in [0.3, 0.4) is 0 Å². The van der Waals surface area contributed by atoms with Crippen LogP contribution in [-0.4, -0.2) is 76.2 Å². The van der Waals surface area contributed by atoms with Gasteiger partial charge in [-0.05, 0) is 143 Å². The van der Waals surface area contributed by atoms with Crippen LogP contribution >= 0.6 is 33.2 Å². The van der Waals surface area contributed by atoms with Gasteiger partial charge in [0.1, 0.15) is 17.0 Å². The molecule has 2 aromatic rings. The van der Waals surface area contributed by atoms with Gasteiger partial charge in [0.15, 0.2) is 11.9 Å². The van der Waals surface area contributed by atoms with Gasteiger partial charge in [-0.2, -0.15) is 0 Å². The van der Waals surface area contributed by atoms with Gasteiger partial charge >= 0.3 is 17.9 Å². The smallest absolute Gasteiger partial charge is 0.345 e. The number of allylic oxidation sites excluding steroid dienone is 4. The standard InChI is InChI=1S/C49H71ClN2O9S2/c1-32(2)25-43(46(55)56)61-48(58)35(5)30-52-45(54)39(26-38-22-23-42(59-8)41(50)27-38)28-40(53)14-10-9-13-33(3)16-17-36-18-20-37(21-19-36)31-60-47(57)34(4)29-49(6,7)63-62-44-15-11-12-24-51-44/h10-12,14-15,18,22-24,27,32-35,37,39,43,45,52,54H,9,13,16-17,19-21,25-26,28-31H2,1-8H3,(H,55,56)/b14-10+. The van der Waals surface area contributed by atoms with Crippen molar-refractivity contribution in [3.8, 4) is 5.75 Å². The molecule has 0 fully saturated rings. The van der Waals surface area contributed by atoms with Gasteiger partial charge in [-0.25, -0.2) is 9.78 Å². The highest BCUT2D eigenvalue weighted by Crippen LogP contribution is 2.43. The molecule has 1 aliphatic carbocycles. The van der Waals surface area contributed by atoms with Gasteiger partial charge in [0.05, 0.1) is 30.6 Å². The molecule has 3 N–H and O–H groups in total. The van der Waals surface area contributed by atoms with Crippen molar-refractivity contribution in [1.29, 1.82) is 0 Å². The summed E-state index contributed by atoms with van der Waals surface area (Å²) in [7, 11) is 4.89. The Morgan fingerprint density at radius 1 is 1.05 bits per heavy atom. The lowest BCUT2D eigenvalue weighted by Gasteiger charge is -2.27. The molecule has 63 heavy (non-hydrogen) atoms. The summed E-state index contributed by atoms with van der Waals surface area (Å²) >= 11 is 6.38. The van der Waals surface area contributed by atoms with E-state index in [1.54, 1.807) is 52.9 Å². The molecule has 1 aliphatic rings. The van der Waals surface area contributed by atoms with Crippen LogP contribution in [0.15, 0.2) is 71.4 Å². The number of hydrogen-bond acceptors (Lipinski definition) is 12. The molecule has 350 valence electrons. The number of rotatable bonds is 29. The number of carbonyl (C=O) groups is 4. The summed E-state index contributed by atoms with van der Waals surface area (Å²) in [5.41, 5.74) is 2.27. The largest absolute Gasteiger partial charge is 0.495 e. The molecule has 0 saturated carbocycles. The average Bonchev–Trinajstić information content (AvgIpc) is 3.24. The van der Waals surface area contributed by atoms with Crippen molar-refractivity contribution in [3.63, 3.8) is 0 Å². The summed E-state index contributed by atoms with van der Waals surface area (Å²) < 4.78 is 16.2. The van der Waals surface area contributed by atoms with Crippen molar-refractivity contribution in [2.75, 3.05) is 20.3 Å². The van der Waals surface area contributed by atoms with Gasteiger partial charge in [-0.3, -0.25) is 19.7 Å². The Kier molecular flexibility index (Phi) is 23.9. The molecule has 1 heterocycles. The lowest BCUT2D eigenvalue weighted by Crippen LogP contribution is -2.42. The summed E-state index contributed by atoms with van der Waals surface area (Å²) in [5, 5.41) is 25.1. The van der Waals surface area contributed by atoms with E-state index in [0.717, 1.165) is 62.0 Å². The molecule has 0 radical (unpaired) electrons. The van der Waals surface area contributed by atoms with E-state index < -0.39 is 36.1 Å². The van der Waals surface area contributed by atoms with E-state index in [4.69, 9.17) is 25.8 Å². The Labute approximate surface area is 388 Å². The number of carboxylic acids is 1. The summed E-state index contributed by atoms with van der Waals surface area (Å²) in [6.45, 7) is 14.3. The fourth-order valence-electron chi connectivity index (χ4n) is 7.43. The number of esters is 2. The van der Waals surface area contributed by atoms with Crippen LogP contribution in [0.5, 0.6) is 5.75 Å². The van der Waals surface area contributed by atoms with Gasteiger partial charge in [-0.1, -0.05) is 86.9 Å². The molecule has 0 saturated heterocycles. The summed E-state index contributed by atoms with van der Waals surface area (Å²) in [6.07, 6.45) is 13.3. The molecule has 7 unspecified atom stereocenters. The monoisotopic (exact) mass is 930 g/mol. The number of aliphatic hydroxyl groups excluding tert-OH is 1. The van der Waals surface area contributed by atoms with E-state index >= 15 is 0 Å². The second kappa shape index (κ2) is 27.8. The van der Waals surface area contributed by atoms with Gasteiger partial charge in [0, 0.05) is 29.8 Å². The number of nitrogens with one attached hydrogen (secondary N) is 1. The fraction of sp³-hybridized carbons (Fsp3) is 0.612. The highest BCUT2D eigenvalue weighted by atomic mass is 35.5. The van der Waals surface area contributed by atoms with Crippen LogP contribution < -0.4 is 10.1 Å². The van der Waals surface area contributed by atoms with Crippen molar-refractivity contribution >= 4 is 56.9 Å². The predicted octanol–water partition coefficient (Wildman–Crippen LogP) is 10.7. The van der Waals surface area contributed by atoms with Crippen molar-refractivity contribution in [3.05, 3.63) is 77.0 Å². The fourth-order valence-corrected chi connectivity index (χ4v) is 10.0. The van der Waals surface area contributed by atoms with Crippen molar-refractivity contribution in [2.45, 2.75) is 141 Å². The molecular weight excluding hydrogens is 860 g/mol. The Morgan fingerprint density at radius 2 is 1.81 bits per heavy atom. The number of carboxylic acid groups (broad SMARTS) is 1. The number of hydrogen-bond donors (Lipinski definition) is 3. The number of nitrogens with zero attached hydrogens (tertiary/aromatic N) is 1. The van der Waals surface area contributed by atoms with E-state index in [2.05, 4.69) is 37.1 Å². The maximum atomic E-state index is 13.2. The quantitative estimate of drug-likeness (QED) is 0.0233. The van der Waals surface area contributed by atoms with E-state index in [1.165, 1.54) is 12.7 Å². The number of ketones is 1. The molecule has 14 heteroatoms. The Balaban J connectivity index is 1.42. The molecule has 1 aromatic heterocycles. The van der Waals surface area contributed by atoms with Crippen molar-refractivity contribution in [2.24, 2.45) is 35.5 Å². The minimum Gasteiger partial charge on any atom is -0.495 e. The molecule has 0 aliphatic heterocycles. The predicted molar refractivity (Wildman–Crippen MR) is 254 cm³/mol. The molecule has 7 atom stereocenters. The summed E-state index contributed by atoms with van der Waals surface area (Å²) in [5.74, 6) is -2.25. The first kappa shape index (κ1) is 54.0. The maximum Gasteiger partial charge on any atom is 0.345 e. The summed E-state index contributed by atoms with van der Waals surface area (Å²) in [6, 6.07) is 11.2. The van der Waals surface area contributed by atoms with Crippen LogP contribution in [0.2, 0.25) is 5.02 Å². The van der Waals surface area contributed by atoms with Crippen LogP contribution in [0.4, 0.5) is 0 Å². The number of pyridine rings is 1. The molecule has 0 amide bonds. The second-order valence-electron chi connectivity index (χ2n) is 18.2. The van der Waals surface area contributed by atoms with E-state index in [0.29, 0.717) is 35.6 Å². The zero-order valence-electron chi connectivity index (χ0n) is 38.5. The molecule has 1 aromatic carbocycles. The first-order valence-electron chi connectivity index (χ1n) is 22.3. The normalized spacial score (nSPS) is 17.3. The van der Waals surface area contributed by atoms with E-state index in [-0.39, 0.29) is 47.7 Å². The number of carbonyl (C=O) groups excluding carboxylic acids is 3. The number of halogens is 1. The Hall–Kier alpha value is -3.36. The first-order valence-corrected chi connectivity index (χ1v) is 24.9. The van der Waals surface area contributed by atoms with Crippen LogP contribution in [0, 0.1) is 35.5 Å². The third kappa shape index (κ3) is 21.0. The third-order valence-corrected chi connectivity index (χ3v) is 14.8. The van der Waals surface area contributed by atoms with Gasteiger partial charge < -0.3 is 24.4 Å². The van der Waals surface area contributed by atoms with Crippen molar-refractivity contribution < 1.29 is 43.6 Å². The number of aliphatic carboxylic acids is 1. The van der Waals surface area contributed by atoms with Gasteiger partial charge in [0.2, 0.25) is 0 Å². The van der Waals surface area contributed by atoms with Gasteiger partial charge in [0.25, 0.3) is 0 Å². The van der Waals surface area contributed by atoms with Crippen LogP contribution in [-0.2, 0) is 35.1 Å². The van der Waals surface area contributed by atoms with E-state index in [1.807, 2.05) is 51.1 Å². The molecule has 3 rings (SSSR count).